The summed E-state index contributed by atoms with van der Waals surface area (Å²) in [5.41, 5.74) is 2.73. The second-order valence-electron chi connectivity index (χ2n) is 4.69. The van der Waals surface area contributed by atoms with Gasteiger partial charge in [-0.25, -0.2) is 0 Å². The number of benzene rings is 2. The highest BCUT2D eigenvalue weighted by atomic mass is 79.9. The fourth-order valence-electron chi connectivity index (χ4n) is 1.99. The fraction of sp³-hybridized carbons (Fsp3) is 0.0625. The molecule has 0 bridgehead atoms. The number of hydrogen-bond acceptors (Lipinski definition) is 4. The molecule has 0 saturated heterocycles. The molecular weight excluding hydrogens is 362 g/mol. The van der Waals surface area contributed by atoms with E-state index in [0.717, 1.165) is 20.6 Å². The van der Waals surface area contributed by atoms with Crippen LogP contribution in [0.5, 0.6) is 0 Å². The number of carbonyl (C=O) groups excluding carboxylic acids is 1. The van der Waals surface area contributed by atoms with E-state index in [4.69, 9.17) is 0 Å². The molecule has 22 heavy (non-hydrogen) atoms. The molecular formula is C16H12BrN3OS. The van der Waals surface area contributed by atoms with Gasteiger partial charge in [-0.3, -0.25) is 10.1 Å². The SMILES string of the molecule is Cc1ccccc1-c1nnc(NC(=O)c2cccc(Br)c2)s1. The van der Waals surface area contributed by atoms with Crippen LogP contribution in [0.15, 0.2) is 53.0 Å². The highest BCUT2D eigenvalue weighted by Gasteiger charge is 2.12. The Morgan fingerprint density at radius 3 is 2.73 bits per heavy atom. The zero-order valence-corrected chi connectivity index (χ0v) is 14.1. The lowest BCUT2D eigenvalue weighted by Crippen LogP contribution is -2.11. The van der Waals surface area contributed by atoms with E-state index >= 15 is 0 Å². The summed E-state index contributed by atoms with van der Waals surface area (Å²) in [6.45, 7) is 2.02. The quantitative estimate of drug-likeness (QED) is 0.733. The van der Waals surface area contributed by atoms with Crippen LogP contribution in [0.3, 0.4) is 0 Å². The Bertz CT molecular complexity index is 832. The van der Waals surface area contributed by atoms with Gasteiger partial charge in [0, 0.05) is 15.6 Å². The first kappa shape index (κ1) is 14.9. The van der Waals surface area contributed by atoms with Crippen molar-refractivity contribution in [2.45, 2.75) is 6.92 Å². The van der Waals surface area contributed by atoms with Crippen molar-refractivity contribution in [1.29, 1.82) is 0 Å². The molecule has 1 amide bonds. The second-order valence-corrected chi connectivity index (χ2v) is 6.58. The predicted molar refractivity (Wildman–Crippen MR) is 92.2 cm³/mol. The maximum atomic E-state index is 12.2. The Morgan fingerprint density at radius 1 is 1.14 bits per heavy atom. The average molecular weight is 374 g/mol. The smallest absolute Gasteiger partial charge is 0.257 e. The number of aryl methyl sites for hydroxylation is 1. The van der Waals surface area contributed by atoms with Gasteiger partial charge in [0.2, 0.25) is 5.13 Å². The van der Waals surface area contributed by atoms with Crippen LogP contribution < -0.4 is 5.32 Å². The van der Waals surface area contributed by atoms with Crippen LogP contribution in [0, 0.1) is 6.92 Å². The minimum atomic E-state index is -0.200. The van der Waals surface area contributed by atoms with Gasteiger partial charge in [0.05, 0.1) is 0 Å². The highest BCUT2D eigenvalue weighted by Crippen LogP contribution is 2.28. The molecule has 1 heterocycles. The number of nitrogens with one attached hydrogen (secondary N) is 1. The molecule has 0 saturated carbocycles. The monoisotopic (exact) mass is 373 g/mol. The van der Waals surface area contributed by atoms with Crippen LogP contribution in [0.25, 0.3) is 10.6 Å². The molecule has 0 spiro atoms. The molecule has 2 aromatic carbocycles. The molecule has 3 rings (SSSR count). The van der Waals surface area contributed by atoms with E-state index in [0.29, 0.717) is 10.7 Å². The van der Waals surface area contributed by atoms with E-state index in [-0.39, 0.29) is 5.91 Å². The zero-order chi connectivity index (χ0) is 15.5. The molecule has 0 unspecified atom stereocenters. The molecule has 0 fully saturated rings. The molecule has 1 aromatic heterocycles. The highest BCUT2D eigenvalue weighted by molar-refractivity contribution is 9.10. The van der Waals surface area contributed by atoms with Gasteiger partial charge in [-0.1, -0.05) is 57.6 Å². The molecule has 0 radical (unpaired) electrons. The zero-order valence-electron chi connectivity index (χ0n) is 11.7. The first-order chi connectivity index (χ1) is 10.6. The van der Waals surface area contributed by atoms with Crippen molar-refractivity contribution in [3.8, 4) is 10.6 Å². The first-order valence-corrected chi connectivity index (χ1v) is 8.21. The standard InChI is InChI=1S/C16H12BrN3OS/c1-10-5-2-3-8-13(10)15-19-20-16(22-15)18-14(21)11-6-4-7-12(17)9-11/h2-9H,1H3,(H,18,20,21). The van der Waals surface area contributed by atoms with Crippen LogP contribution in [-0.4, -0.2) is 16.1 Å². The normalized spacial score (nSPS) is 10.5. The summed E-state index contributed by atoms with van der Waals surface area (Å²) in [6, 6.07) is 15.2. The van der Waals surface area contributed by atoms with Gasteiger partial charge in [-0.2, -0.15) is 0 Å². The summed E-state index contributed by atoms with van der Waals surface area (Å²) in [5.74, 6) is -0.200. The molecule has 3 aromatic rings. The minimum absolute atomic E-state index is 0.200. The van der Waals surface area contributed by atoms with Gasteiger partial charge in [0.25, 0.3) is 5.91 Å². The summed E-state index contributed by atoms with van der Waals surface area (Å²) < 4.78 is 0.859. The Morgan fingerprint density at radius 2 is 1.95 bits per heavy atom. The Hall–Kier alpha value is -2.05. The lowest BCUT2D eigenvalue weighted by molar-refractivity contribution is 0.102. The molecule has 4 nitrogen and oxygen atoms in total. The minimum Gasteiger partial charge on any atom is -0.296 e. The predicted octanol–water partition coefficient (Wildman–Crippen LogP) is 4.53. The van der Waals surface area contributed by atoms with Crippen molar-refractivity contribution < 1.29 is 4.79 Å². The number of amides is 1. The van der Waals surface area contributed by atoms with Crippen molar-refractivity contribution in [2.24, 2.45) is 0 Å². The second kappa shape index (κ2) is 6.37. The third kappa shape index (κ3) is 3.23. The molecule has 110 valence electrons. The molecule has 0 aliphatic rings. The van der Waals surface area contributed by atoms with Crippen LogP contribution in [0.1, 0.15) is 15.9 Å². The van der Waals surface area contributed by atoms with Crippen LogP contribution in [0.2, 0.25) is 0 Å². The van der Waals surface area contributed by atoms with E-state index in [9.17, 15) is 4.79 Å². The Kier molecular flexibility index (Phi) is 4.31. The van der Waals surface area contributed by atoms with Crippen LogP contribution in [-0.2, 0) is 0 Å². The molecule has 0 atom stereocenters. The van der Waals surface area contributed by atoms with Gasteiger partial charge < -0.3 is 0 Å². The summed E-state index contributed by atoms with van der Waals surface area (Å²) in [7, 11) is 0. The van der Waals surface area contributed by atoms with E-state index in [1.54, 1.807) is 12.1 Å². The van der Waals surface area contributed by atoms with Crippen molar-refractivity contribution in [1.82, 2.24) is 10.2 Å². The number of carbonyl (C=O) groups is 1. The van der Waals surface area contributed by atoms with Crippen molar-refractivity contribution >= 4 is 38.3 Å². The first-order valence-electron chi connectivity index (χ1n) is 6.60. The molecule has 0 aliphatic heterocycles. The Balaban J connectivity index is 1.80. The third-order valence-corrected chi connectivity index (χ3v) is 4.47. The number of halogens is 1. The number of anilines is 1. The maximum absolute atomic E-state index is 12.2. The summed E-state index contributed by atoms with van der Waals surface area (Å²) >= 11 is 4.71. The average Bonchev–Trinajstić information content (AvgIpc) is 2.96. The van der Waals surface area contributed by atoms with Gasteiger partial charge >= 0.3 is 0 Å². The third-order valence-electron chi connectivity index (χ3n) is 3.11. The van der Waals surface area contributed by atoms with E-state index in [1.807, 2.05) is 43.3 Å². The lowest BCUT2D eigenvalue weighted by atomic mass is 10.1. The van der Waals surface area contributed by atoms with Gasteiger partial charge in [-0.15, -0.1) is 10.2 Å². The molecule has 6 heteroatoms. The van der Waals surface area contributed by atoms with E-state index in [2.05, 4.69) is 31.4 Å². The van der Waals surface area contributed by atoms with Crippen LogP contribution in [0.4, 0.5) is 5.13 Å². The summed E-state index contributed by atoms with van der Waals surface area (Å²) in [6.07, 6.45) is 0. The van der Waals surface area contributed by atoms with E-state index in [1.165, 1.54) is 11.3 Å². The number of nitrogens with zero attached hydrogens (tertiary/aromatic N) is 2. The Labute approximate surface area is 140 Å². The van der Waals surface area contributed by atoms with E-state index < -0.39 is 0 Å². The topological polar surface area (TPSA) is 54.9 Å². The van der Waals surface area contributed by atoms with Gasteiger partial charge in [0.1, 0.15) is 5.01 Å². The summed E-state index contributed by atoms with van der Waals surface area (Å²) in [4.78, 5) is 12.2. The number of aromatic nitrogens is 2. The van der Waals surface area contributed by atoms with Gasteiger partial charge in [0.15, 0.2) is 0 Å². The van der Waals surface area contributed by atoms with Crippen molar-refractivity contribution in [2.75, 3.05) is 5.32 Å². The van der Waals surface area contributed by atoms with Crippen LogP contribution >= 0.6 is 27.3 Å². The van der Waals surface area contributed by atoms with Crippen molar-refractivity contribution in [3.05, 3.63) is 64.1 Å². The van der Waals surface area contributed by atoms with Crippen molar-refractivity contribution in [3.63, 3.8) is 0 Å². The lowest BCUT2D eigenvalue weighted by Gasteiger charge is -2.01. The van der Waals surface area contributed by atoms with Gasteiger partial charge in [-0.05, 0) is 30.7 Å². The number of rotatable bonds is 3. The number of hydrogen-bond donors (Lipinski definition) is 1. The largest absolute Gasteiger partial charge is 0.296 e. The molecule has 1 N–H and O–H groups in total. The maximum Gasteiger partial charge on any atom is 0.257 e. The fourth-order valence-corrected chi connectivity index (χ4v) is 3.22. The summed E-state index contributed by atoms with van der Waals surface area (Å²) in [5, 5.41) is 12.3. The molecule has 0 aliphatic carbocycles.